The predicted molar refractivity (Wildman–Crippen MR) is 61.9 cm³/mol. The molecule has 1 rings (SSSR count). The third-order valence-electron chi connectivity index (χ3n) is 1.97. The molecule has 4 nitrogen and oxygen atoms in total. The van der Waals surface area contributed by atoms with Gasteiger partial charge in [0.2, 0.25) is 0 Å². The van der Waals surface area contributed by atoms with Crippen LogP contribution in [0.15, 0.2) is 36.9 Å². The average Bonchev–Trinajstić information content (AvgIpc) is 2.28. The van der Waals surface area contributed by atoms with Crippen LogP contribution >= 0.6 is 0 Å². The standard InChI is InChI=1S/C13H12O4/c1-3-13(16)17-12-7-5-4-6-10(12)11(15)8-9(2)14/h3-7H,1,8H2,2H3. The molecule has 1 aromatic carbocycles. The minimum atomic E-state index is -0.645. The van der Waals surface area contributed by atoms with E-state index in [0.29, 0.717) is 0 Å². The highest BCUT2D eigenvalue weighted by Gasteiger charge is 2.15. The van der Waals surface area contributed by atoms with Crippen molar-refractivity contribution in [3.63, 3.8) is 0 Å². The molecule has 0 fully saturated rings. The molecule has 0 unspecified atom stereocenters. The van der Waals surface area contributed by atoms with Crippen molar-refractivity contribution in [2.45, 2.75) is 13.3 Å². The summed E-state index contributed by atoms with van der Waals surface area (Å²) < 4.78 is 4.91. The van der Waals surface area contributed by atoms with E-state index < -0.39 is 5.97 Å². The Kier molecular flexibility index (Phi) is 4.34. The molecule has 0 N–H and O–H groups in total. The van der Waals surface area contributed by atoms with Crippen LogP contribution in [-0.2, 0) is 9.59 Å². The van der Waals surface area contributed by atoms with E-state index in [9.17, 15) is 14.4 Å². The number of carbonyl (C=O) groups is 3. The van der Waals surface area contributed by atoms with Crippen LogP contribution in [0.3, 0.4) is 0 Å². The van der Waals surface area contributed by atoms with Gasteiger partial charge in [0.15, 0.2) is 5.78 Å². The minimum Gasteiger partial charge on any atom is -0.423 e. The van der Waals surface area contributed by atoms with Crippen molar-refractivity contribution in [1.82, 2.24) is 0 Å². The molecule has 0 saturated carbocycles. The van der Waals surface area contributed by atoms with Crippen LogP contribution in [0.2, 0.25) is 0 Å². The summed E-state index contributed by atoms with van der Waals surface area (Å²) in [5, 5.41) is 0. The van der Waals surface area contributed by atoms with Crippen LogP contribution in [0.25, 0.3) is 0 Å². The van der Waals surface area contributed by atoms with Crippen LogP contribution in [0.1, 0.15) is 23.7 Å². The van der Waals surface area contributed by atoms with E-state index in [2.05, 4.69) is 6.58 Å². The molecule has 0 aliphatic rings. The Morgan fingerprint density at radius 3 is 2.53 bits per heavy atom. The number of carbonyl (C=O) groups excluding carboxylic acids is 3. The topological polar surface area (TPSA) is 60.4 Å². The van der Waals surface area contributed by atoms with E-state index in [1.165, 1.54) is 19.1 Å². The fourth-order valence-electron chi connectivity index (χ4n) is 1.26. The van der Waals surface area contributed by atoms with Gasteiger partial charge in [-0.15, -0.1) is 0 Å². The van der Waals surface area contributed by atoms with E-state index in [0.717, 1.165) is 6.08 Å². The number of ether oxygens (including phenoxy) is 1. The first-order chi connectivity index (χ1) is 8.04. The maximum absolute atomic E-state index is 11.7. The lowest BCUT2D eigenvalue weighted by Gasteiger charge is -2.06. The molecule has 4 heteroatoms. The first kappa shape index (κ1) is 12.8. The van der Waals surface area contributed by atoms with Gasteiger partial charge in [0, 0.05) is 6.08 Å². The van der Waals surface area contributed by atoms with Crippen LogP contribution in [0.5, 0.6) is 5.75 Å². The van der Waals surface area contributed by atoms with Crippen molar-refractivity contribution in [3.8, 4) is 5.75 Å². The van der Waals surface area contributed by atoms with Gasteiger partial charge >= 0.3 is 5.97 Å². The van der Waals surface area contributed by atoms with Crippen molar-refractivity contribution >= 4 is 17.5 Å². The fourth-order valence-corrected chi connectivity index (χ4v) is 1.26. The lowest BCUT2D eigenvalue weighted by atomic mass is 10.1. The van der Waals surface area contributed by atoms with E-state index in [1.807, 2.05) is 0 Å². The van der Waals surface area contributed by atoms with Crippen LogP contribution in [0, 0.1) is 0 Å². The Labute approximate surface area is 98.9 Å². The molecule has 0 aliphatic heterocycles. The molecule has 1 aromatic rings. The maximum atomic E-state index is 11.7. The monoisotopic (exact) mass is 232 g/mol. The van der Waals surface area contributed by atoms with Gasteiger partial charge in [-0.05, 0) is 19.1 Å². The number of ketones is 2. The molecule has 17 heavy (non-hydrogen) atoms. The van der Waals surface area contributed by atoms with Crippen molar-refractivity contribution in [2.75, 3.05) is 0 Å². The molecule has 0 spiro atoms. The molecule has 0 radical (unpaired) electrons. The minimum absolute atomic E-state index is 0.142. The van der Waals surface area contributed by atoms with Crippen molar-refractivity contribution < 1.29 is 19.1 Å². The van der Waals surface area contributed by atoms with Gasteiger partial charge in [-0.2, -0.15) is 0 Å². The largest absolute Gasteiger partial charge is 0.423 e. The van der Waals surface area contributed by atoms with Crippen molar-refractivity contribution in [2.24, 2.45) is 0 Å². The highest BCUT2D eigenvalue weighted by atomic mass is 16.5. The summed E-state index contributed by atoms with van der Waals surface area (Å²) in [6.07, 6.45) is 0.800. The number of hydrogen-bond acceptors (Lipinski definition) is 4. The third-order valence-corrected chi connectivity index (χ3v) is 1.97. The van der Waals surface area contributed by atoms with Crippen molar-refractivity contribution in [1.29, 1.82) is 0 Å². The van der Waals surface area contributed by atoms with E-state index in [-0.39, 0.29) is 29.3 Å². The second-order valence-electron chi connectivity index (χ2n) is 3.42. The first-order valence-electron chi connectivity index (χ1n) is 5.00. The summed E-state index contributed by atoms with van der Waals surface area (Å²) in [6, 6.07) is 6.28. The highest BCUT2D eigenvalue weighted by molar-refractivity contribution is 6.09. The van der Waals surface area contributed by atoms with Gasteiger partial charge in [0.1, 0.15) is 11.5 Å². The normalized spacial score (nSPS) is 9.47. The molecule has 0 aliphatic carbocycles. The van der Waals surface area contributed by atoms with Gasteiger partial charge in [-0.3, -0.25) is 9.59 Å². The summed E-state index contributed by atoms with van der Waals surface area (Å²) >= 11 is 0. The summed E-state index contributed by atoms with van der Waals surface area (Å²) in [4.78, 5) is 33.6. The zero-order valence-electron chi connectivity index (χ0n) is 9.43. The number of hydrogen-bond donors (Lipinski definition) is 0. The Hall–Kier alpha value is -2.23. The second kappa shape index (κ2) is 5.75. The highest BCUT2D eigenvalue weighted by Crippen LogP contribution is 2.20. The zero-order valence-corrected chi connectivity index (χ0v) is 9.43. The molecule has 0 aromatic heterocycles. The summed E-state index contributed by atoms with van der Waals surface area (Å²) in [5.41, 5.74) is 0.220. The lowest BCUT2D eigenvalue weighted by Crippen LogP contribution is -2.10. The molecule has 88 valence electrons. The molecular formula is C13H12O4. The third kappa shape index (κ3) is 3.68. The van der Waals surface area contributed by atoms with Crippen LogP contribution < -0.4 is 4.74 Å². The number of rotatable bonds is 5. The zero-order chi connectivity index (χ0) is 12.8. The molecule has 0 heterocycles. The molecule has 0 amide bonds. The first-order valence-corrected chi connectivity index (χ1v) is 5.00. The maximum Gasteiger partial charge on any atom is 0.335 e. The lowest BCUT2D eigenvalue weighted by molar-refractivity contribution is -0.129. The Balaban J connectivity index is 2.98. The number of esters is 1. The number of Topliss-reactive ketones (excluding diaryl/α,β-unsaturated/α-hetero) is 2. The van der Waals surface area contributed by atoms with E-state index in [1.54, 1.807) is 12.1 Å². The number of benzene rings is 1. The molecule has 0 atom stereocenters. The summed E-state index contributed by atoms with van der Waals surface area (Å²) in [6.45, 7) is 4.60. The smallest absolute Gasteiger partial charge is 0.335 e. The SMILES string of the molecule is C=CC(=O)Oc1ccccc1C(=O)CC(C)=O. The van der Waals surface area contributed by atoms with Gasteiger partial charge < -0.3 is 4.74 Å². The van der Waals surface area contributed by atoms with Crippen molar-refractivity contribution in [3.05, 3.63) is 42.5 Å². The van der Waals surface area contributed by atoms with Gasteiger partial charge in [-0.25, -0.2) is 4.79 Å². The second-order valence-corrected chi connectivity index (χ2v) is 3.42. The van der Waals surface area contributed by atoms with Crippen LogP contribution in [0.4, 0.5) is 0 Å². The Morgan fingerprint density at radius 1 is 1.29 bits per heavy atom. The number of para-hydroxylation sites is 1. The predicted octanol–water partition coefficient (Wildman–Crippen LogP) is 1.94. The van der Waals surface area contributed by atoms with Gasteiger partial charge in [0.05, 0.1) is 12.0 Å². The molecular weight excluding hydrogens is 220 g/mol. The molecule has 0 bridgehead atoms. The van der Waals surface area contributed by atoms with E-state index >= 15 is 0 Å². The van der Waals surface area contributed by atoms with E-state index in [4.69, 9.17) is 4.74 Å². The van der Waals surface area contributed by atoms with Gasteiger partial charge in [0.25, 0.3) is 0 Å². The molecule has 0 saturated heterocycles. The average molecular weight is 232 g/mol. The van der Waals surface area contributed by atoms with Crippen LogP contribution in [-0.4, -0.2) is 17.5 Å². The Morgan fingerprint density at radius 2 is 1.94 bits per heavy atom. The Bertz CT molecular complexity index is 474. The fraction of sp³-hybridized carbons (Fsp3) is 0.154. The quantitative estimate of drug-likeness (QED) is 0.256. The van der Waals surface area contributed by atoms with Gasteiger partial charge in [-0.1, -0.05) is 18.7 Å². The summed E-state index contributed by atoms with van der Waals surface area (Å²) in [5.74, 6) is -1.11. The summed E-state index contributed by atoms with van der Waals surface area (Å²) in [7, 11) is 0.